The van der Waals surface area contributed by atoms with E-state index in [1.165, 1.54) is 17.2 Å². The van der Waals surface area contributed by atoms with Crippen molar-refractivity contribution in [2.45, 2.75) is 25.7 Å². The minimum atomic E-state index is -1.52. The molecule has 0 aliphatic carbocycles. The van der Waals surface area contributed by atoms with E-state index >= 15 is 0 Å². The quantitative estimate of drug-likeness (QED) is 0.510. The number of nitrogen functional groups attached to an aromatic ring is 1. The molecule has 9 nitrogen and oxygen atoms in total. The van der Waals surface area contributed by atoms with Crippen molar-refractivity contribution in [3.63, 3.8) is 0 Å². The van der Waals surface area contributed by atoms with Gasteiger partial charge in [-0.3, -0.25) is 4.79 Å². The van der Waals surface area contributed by atoms with Gasteiger partial charge in [-0.25, -0.2) is 15.0 Å². The molecule has 9 heteroatoms. The maximum Gasteiger partial charge on any atom is 0.251 e. The summed E-state index contributed by atoms with van der Waals surface area (Å²) in [6.07, 6.45) is -0.104. The number of imidazole rings is 1. The lowest BCUT2D eigenvalue weighted by molar-refractivity contribution is -0.135. The number of hydrogen-bond acceptors (Lipinski definition) is 7. The minimum absolute atomic E-state index is 0.0365. The van der Waals surface area contributed by atoms with Crippen molar-refractivity contribution < 1.29 is 15.0 Å². The SMILES string of the molecule is CCNC(=O)[C@H](O)[C@H](O)Cn1cnc2c(N)ncnc21. The molecule has 0 saturated heterocycles. The molecule has 20 heavy (non-hydrogen) atoms. The first kappa shape index (κ1) is 14.2. The van der Waals surface area contributed by atoms with Crippen molar-refractivity contribution in [3.05, 3.63) is 12.7 Å². The highest BCUT2D eigenvalue weighted by Gasteiger charge is 2.24. The van der Waals surface area contributed by atoms with Gasteiger partial charge in [-0.2, -0.15) is 0 Å². The number of fused-ring (bicyclic) bond motifs is 1. The van der Waals surface area contributed by atoms with Gasteiger partial charge in [0.05, 0.1) is 12.9 Å². The Morgan fingerprint density at radius 3 is 2.90 bits per heavy atom. The zero-order valence-corrected chi connectivity index (χ0v) is 10.9. The van der Waals surface area contributed by atoms with Crippen molar-refractivity contribution in [1.29, 1.82) is 0 Å². The number of nitrogens with one attached hydrogen (secondary N) is 1. The summed E-state index contributed by atoms with van der Waals surface area (Å²) in [6.45, 7) is 2.06. The molecule has 2 aromatic heterocycles. The summed E-state index contributed by atoms with van der Waals surface area (Å²) >= 11 is 0. The summed E-state index contributed by atoms with van der Waals surface area (Å²) in [5.74, 6) is -0.397. The predicted molar refractivity (Wildman–Crippen MR) is 70.4 cm³/mol. The van der Waals surface area contributed by atoms with Crippen molar-refractivity contribution in [3.8, 4) is 0 Å². The molecule has 0 bridgehead atoms. The van der Waals surface area contributed by atoms with Gasteiger partial charge >= 0.3 is 0 Å². The predicted octanol–water partition coefficient (Wildman–Crippen LogP) is -1.73. The zero-order valence-electron chi connectivity index (χ0n) is 10.9. The topological polar surface area (TPSA) is 139 Å². The Bertz CT molecular complexity index is 613. The number of amides is 1. The first-order valence-electron chi connectivity index (χ1n) is 6.09. The van der Waals surface area contributed by atoms with Crippen LogP contribution in [0.3, 0.4) is 0 Å². The molecule has 0 aliphatic rings. The Morgan fingerprint density at radius 1 is 1.45 bits per heavy atom. The lowest BCUT2D eigenvalue weighted by Gasteiger charge is -2.17. The number of carbonyl (C=O) groups is 1. The molecule has 0 radical (unpaired) electrons. The van der Waals surface area contributed by atoms with E-state index in [1.54, 1.807) is 6.92 Å². The van der Waals surface area contributed by atoms with Gasteiger partial charge < -0.3 is 25.8 Å². The zero-order chi connectivity index (χ0) is 14.7. The van der Waals surface area contributed by atoms with Crippen LogP contribution in [0.1, 0.15) is 6.92 Å². The second kappa shape index (κ2) is 5.80. The molecule has 0 aromatic carbocycles. The first-order valence-corrected chi connectivity index (χ1v) is 6.09. The molecule has 2 aromatic rings. The summed E-state index contributed by atoms with van der Waals surface area (Å²) in [7, 11) is 0. The van der Waals surface area contributed by atoms with Crippen LogP contribution in [0.2, 0.25) is 0 Å². The van der Waals surface area contributed by atoms with Gasteiger partial charge in [-0.15, -0.1) is 0 Å². The second-order valence-electron chi connectivity index (χ2n) is 4.23. The lowest BCUT2D eigenvalue weighted by atomic mass is 10.2. The third kappa shape index (κ3) is 2.68. The summed E-state index contributed by atoms with van der Waals surface area (Å²) in [6, 6.07) is 0. The summed E-state index contributed by atoms with van der Waals surface area (Å²) in [4.78, 5) is 23.3. The van der Waals surface area contributed by atoms with E-state index in [-0.39, 0.29) is 12.4 Å². The Labute approximate surface area is 114 Å². The van der Waals surface area contributed by atoms with Crippen molar-refractivity contribution in [2.75, 3.05) is 12.3 Å². The Balaban J connectivity index is 2.16. The molecular formula is C11H16N6O3. The monoisotopic (exact) mass is 280 g/mol. The largest absolute Gasteiger partial charge is 0.388 e. The molecular weight excluding hydrogens is 264 g/mol. The van der Waals surface area contributed by atoms with Crippen LogP contribution in [-0.2, 0) is 11.3 Å². The van der Waals surface area contributed by atoms with Gasteiger partial charge in [0.2, 0.25) is 0 Å². The average molecular weight is 280 g/mol. The number of aliphatic hydroxyl groups excluding tert-OH is 2. The fourth-order valence-electron chi connectivity index (χ4n) is 1.79. The van der Waals surface area contributed by atoms with Crippen LogP contribution >= 0.6 is 0 Å². The number of carbonyl (C=O) groups excluding carboxylic acids is 1. The fourth-order valence-corrected chi connectivity index (χ4v) is 1.79. The van der Waals surface area contributed by atoms with E-state index in [0.717, 1.165) is 0 Å². The second-order valence-corrected chi connectivity index (χ2v) is 4.23. The first-order chi connectivity index (χ1) is 9.54. The normalized spacial score (nSPS) is 14.2. The molecule has 5 N–H and O–H groups in total. The maximum absolute atomic E-state index is 11.4. The van der Waals surface area contributed by atoms with Crippen LogP contribution in [-0.4, -0.2) is 54.4 Å². The number of aliphatic hydroxyl groups is 2. The number of anilines is 1. The molecule has 0 aliphatic heterocycles. The number of rotatable bonds is 5. The smallest absolute Gasteiger partial charge is 0.251 e. The molecule has 0 fully saturated rings. The number of hydrogen-bond donors (Lipinski definition) is 4. The summed E-state index contributed by atoms with van der Waals surface area (Å²) in [5, 5.41) is 22.0. The highest BCUT2D eigenvalue weighted by atomic mass is 16.3. The standard InChI is InChI=1S/C11H16N6O3/c1-2-13-11(20)8(19)6(18)3-17-5-16-7-9(12)14-4-15-10(7)17/h4-6,8,18-19H,2-3H2,1H3,(H,13,20)(H2,12,14,15)/t6-,8-/m1/s1. The molecule has 1 amide bonds. The molecule has 2 rings (SSSR count). The number of nitrogens with zero attached hydrogens (tertiary/aromatic N) is 4. The van der Waals surface area contributed by atoms with E-state index in [9.17, 15) is 15.0 Å². The van der Waals surface area contributed by atoms with Crippen molar-refractivity contribution >= 4 is 22.9 Å². The van der Waals surface area contributed by atoms with Crippen LogP contribution in [0.5, 0.6) is 0 Å². The molecule has 0 spiro atoms. The minimum Gasteiger partial charge on any atom is -0.388 e. The third-order valence-electron chi connectivity index (χ3n) is 2.80. The average Bonchev–Trinajstić information content (AvgIpc) is 2.83. The van der Waals surface area contributed by atoms with Gasteiger partial charge in [0, 0.05) is 6.54 Å². The van der Waals surface area contributed by atoms with E-state index in [0.29, 0.717) is 17.7 Å². The van der Waals surface area contributed by atoms with Crippen LogP contribution in [0.25, 0.3) is 11.2 Å². The third-order valence-corrected chi connectivity index (χ3v) is 2.80. The maximum atomic E-state index is 11.4. The summed E-state index contributed by atoms with van der Waals surface area (Å²) in [5.41, 5.74) is 6.48. The number of likely N-dealkylation sites (N-methyl/N-ethyl adjacent to an activating group) is 1. The number of aromatic nitrogens is 4. The number of nitrogens with two attached hydrogens (primary N) is 1. The lowest BCUT2D eigenvalue weighted by Crippen LogP contribution is -2.43. The van der Waals surface area contributed by atoms with Crippen LogP contribution in [0.15, 0.2) is 12.7 Å². The van der Waals surface area contributed by atoms with Gasteiger partial charge in [0.25, 0.3) is 5.91 Å². The van der Waals surface area contributed by atoms with Gasteiger partial charge in [-0.05, 0) is 6.92 Å². The molecule has 0 saturated carbocycles. The van der Waals surface area contributed by atoms with Crippen molar-refractivity contribution in [2.24, 2.45) is 0 Å². The van der Waals surface area contributed by atoms with Gasteiger partial charge in [0.15, 0.2) is 17.6 Å². The Hall–Kier alpha value is -2.26. The molecule has 2 atom stereocenters. The van der Waals surface area contributed by atoms with E-state index in [4.69, 9.17) is 5.73 Å². The van der Waals surface area contributed by atoms with Crippen LogP contribution in [0.4, 0.5) is 5.82 Å². The van der Waals surface area contributed by atoms with Crippen LogP contribution < -0.4 is 11.1 Å². The molecule has 108 valence electrons. The van der Waals surface area contributed by atoms with Gasteiger partial charge in [0.1, 0.15) is 17.9 Å². The molecule has 0 unspecified atom stereocenters. The van der Waals surface area contributed by atoms with E-state index in [1.807, 2.05) is 0 Å². The van der Waals surface area contributed by atoms with E-state index in [2.05, 4.69) is 20.3 Å². The van der Waals surface area contributed by atoms with Crippen molar-refractivity contribution in [1.82, 2.24) is 24.8 Å². The van der Waals surface area contributed by atoms with E-state index < -0.39 is 18.1 Å². The van der Waals surface area contributed by atoms with Gasteiger partial charge in [-0.1, -0.05) is 0 Å². The highest BCUT2D eigenvalue weighted by Crippen LogP contribution is 2.14. The Kier molecular flexibility index (Phi) is 4.11. The van der Waals surface area contributed by atoms with Crippen LogP contribution in [0, 0.1) is 0 Å². The fraction of sp³-hybridized carbons (Fsp3) is 0.455. The highest BCUT2D eigenvalue weighted by molar-refractivity contribution is 5.82. The summed E-state index contributed by atoms with van der Waals surface area (Å²) < 4.78 is 1.50. The Morgan fingerprint density at radius 2 is 2.20 bits per heavy atom. The molecule has 2 heterocycles.